The highest BCUT2D eigenvalue weighted by atomic mass is 79.9. The fourth-order valence-electron chi connectivity index (χ4n) is 1.79. The van der Waals surface area contributed by atoms with E-state index in [9.17, 15) is 0 Å². The monoisotopic (exact) mass is 357 g/mol. The summed E-state index contributed by atoms with van der Waals surface area (Å²) in [6.07, 6.45) is 1.56. The summed E-state index contributed by atoms with van der Waals surface area (Å²) >= 11 is 9.33. The molecule has 0 N–H and O–H groups in total. The van der Waals surface area contributed by atoms with E-state index in [2.05, 4.69) is 39.9 Å². The lowest BCUT2D eigenvalue weighted by molar-refractivity contribution is 0.282. The SMILES string of the molecule is CC(C)Cn1ncnc1COc1ccc(Br)c(CCl)c1. The van der Waals surface area contributed by atoms with Gasteiger partial charge in [0, 0.05) is 16.9 Å². The Morgan fingerprint density at radius 1 is 1.40 bits per heavy atom. The van der Waals surface area contributed by atoms with E-state index in [1.807, 2.05) is 22.9 Å². The average Bonchev–Trinajstić information content (AvgIpc) is 2.84. The largest absolute Gasteiger partial charge is 0.486 e. The molecule has 0 atom stereocenters. The van der Waals surface area contributed by atoms with Crippen LogP contribution in [0.4, 0.5) is 0 Å². The van der Waals surface area contributed by atoms with Crippen molar-refractivity contribution in [3.8, 4) is 5.75 Å². The predicted molar refractivity (Wildman–Crippen MR) is 82.9 cm³/mol. The maximum absolute atomic E-state index is 5.87. The topological polar surface area (TPSA) is 39.9 Å². The predicted octanol–water partition coefficient (Wildman–Crippen LogP) is 4.01. The van der Waals surface area contributed by atoms with Crippen molar-refractivity contribution in [2.75, 3.05) is 0 Å². The summed E-state index contributed by atoms with van der Waals surface area (Å²) in [5.41, 5.74) is 1.01. The van der Waals surface area contributed by atoms with Gasteiger partial charge in [0.1, 0.15) is 18.7 Å². The van der Waals surface area contributed by atoms with Crippen LogP contribution in [0.5, 0.6) is 5.75 Å². The molecule has 20 heavy (non-hydrogen) atoms. The van der Waals surface area contributed by atoms with E-state index in [4.69, 9.17) is 16.3 Å². The lowest BCUT2D eigenvalue weighted by Gasteiger charge is -2.10. The molecule has 0 unspecified atom stereocenters. The van der Waals surface area contributed by atoms with Crippen LogP contribution in [-0.2, 0) is 19.0 Å². The molecule has 2 aromatic rings. The molecule has 108 valence electrons. The van der Waals surface area contributed by atoms with E-state index in [0.29, 0.717) is 18.4 Å². The van der Waals surface area contributed by atoms with E-state index in [1.54, 1.807) is 6.33 Å². The van der Waals surface area contributed by atoms with Gasteiger partial charge in [-0.2, -0.15) is 5.10 Å². The zero-order valence-electron chi connectivity index (χ0n) is 11.5. The molecular weight excluding hydrogens is 342 g/mol. The molecule has 0 amide bonds. The molecular formula is C14H17BrClN3O. The van der Waals surface area contributed by atoms with Gasteiger partial charge in [0.15, 0.2) is 5.82 Å². The molecule has 2 rings (SSSR count). The Morgan fingerprint density at radius 3 is 2.90 bits per heavy atom. The number of rotatable bonds is 6. The van der Waals surface area contributed by atoms with Crippen molar-refractivity contribution in [2.24, 2.45) is 5.92 Å². The van der Waals surface area contributed by atoms with Crippen LogP contribution in [0.2, 0.25) is 0 Å². The van der Waals surface area contributed by atoms with E-state index >= 15 is 0 Å². The molecule has 1 aromatic heterocycles. The van der Waals surface area contributed by atoms with Crippen molar-refractivity contribution in [2.45, 2.75) is 32.9 Å². The van der Waals surface area contributed by atoms with Gasteiger partial charge in [-0.25, -0.2) is 9.67 Å². The molecule has 0 aliphatic carbocycles. The smallest absolute Gasteiger partial charge is 0.164 e. The third kappa shape index (κ3) is 3.96. The maximum Gasteiger partial charge on any atom is 0.164 e. The fourth-order valence-corrected chi connectivity index (χ4v) is 2.56. The first-order chi connectivity index (χ1) is 9.60. The molecule has 0 fully saturated rings. The van der Waals surface area contributed by atoms with Crippen molar-refractivity contribution >= 4 is 27.5 Å². The van der Waals surface area contributed by atoms with Gasteiger partial charge in [0.25, 0.3) is 0 Å². The number of alkyl halides is 1. The van der Waals surface area contributed by atoms with Crippen LogP contribution in [0, 0.1) is 5.92 Å². The van der Waals surface area contributed by atoms with Crippen LogP contribution in [0.1, 0.15) is 25.2 Å². The first-order valence-electron chi connectivity index (χ1n) is 6.44. The summed E-state index contributed by atoms with van der Waals surface area (Å²) in [5.74, 6) is 2.57. The van der Waals surface area contributed by atoms with Crippen molar-refractivity contribution < 1.29 is 4.74 Å². The quantitative estimate of drug-likeness (QED) is 0.732. The third-order valence-electron chi connectivity index (χ3n) is 2.76. The molecule has 0 saturated heterocycles. The van der Waals surface area contributed by atoms with Gasteiger partial charge in [-0.05, 0) is 29.7 Å². The molecule has 6 heteroatoms. The molecule has 1 aromatic carbocycles. The Morgan fingerprint density at radius 2 is 2.20 bits per heavy atom. The summed E-state index contributed by atoms with van der Waals surface area (Å²) in [6.45, 7) is 5.53. The van der Waals surface area contributed by atoms with Gasteiger partial charge in [0.05, 0.1) is 0 Å². The fraction of sp³-hybridized carbons (Fsp3) is 0.429. The van der Waals surface area contributed by atoms with Gasteiger partial charge in [-0.3, -0.25) is 0 Å². The van der Waals surface area contributed by atoms with E-state index in [-0.39, 0.29) is 0 Å². The second-order valence-corrected chi connectivity index (χ2v) is 6.05. The minimum Gasteiger partial charge on any atom is -0.486 e. The average molecular weight is 359 g/mol. The Kier molecular flexibility index (Phi) is 5.43. The zero-order valence-corrected chi connectivity index (χ0v) is 13.9. The van der Waals surface area contributed by atoms with Crippen LogP contribution in [-0.4, -0.2) is 14.8 Å². The standard InChI is InChI=1S/C14H17BrClN3O/c1-10(2)7-19-14(17-9-18-19)8-20-12-3-4-13(15)11(5-12)6-16/h3-5,9-10H,6-8H2,1-2H3. The van der Waals surface area contributed by atoms with Gasteiger partial charge in [-0.1, -0.05) is 29.8 Å². The number of hydrogen-bond acceptors (Lipinski definition) is 3. The second kappa shape index (κ2) is 7.09. The van der Waals surface area contributed by atoms with Crippen LogP contribution < -0.4 is 4.74 Å². The first-order valence-corrected chi connectivity index (χ1v) is 7.76. The summed E-state index contributed by atoms with van der Waals surface area (Å²) in [4.78, 5) is 4.24. The summed E-state index contributed by atoms with van der Waals surface area (Å²) < 4.78 is 8.64. The number of aromatic nitrogens is 3. The molecule has 0 bridgehead atoms. The minimum absolute atomic E-state index is 0.399. The van der Waals surface area contributed by atoms with E-state index in [1.165, 1.54) is 0 Å². The maximum atomic E-state index is 5.87. The summed E-state index contributed by atoms with van der Waals surface area (Å²) in [7, 11) is 0. The number of ether oxygens (including phenoxy) is 1. The van der Waals surface area contributed by atoms with Gasteiger partial charge in [-0.15, -0.1) is 11.6 Å². The molecule has 0 aliphatic rings. The van der Waals surface area contributed by atoms with Crippen LogP contribution in [0.3, 0.4) is 0 Å². The van der Waals surface area contributed by atoms with Gasteiger partial charge in [0.2, 0.25) is 0 Å². The van der Waals surface area contributed by atoms with Gasteiger partial charge < -0.3 is 4.74 Å². The molecule has 0 radical (unpaired) electrons. The van der Waals surface area contributed by atoms with Crippen molar-refractivity contribution in [1.29, 1.82) is 0 Å². The molecule has 1 heterocycles. The lowest BCUT2D eigenvalue weighted by atomic mass is 10.2. The lowest BCUT2D eigenvalue weighted by Crippen LogP contribution is -2.12. The third-order valence-corrected chi connectivity index (χ3v) is 3.82. The van der Waals surface area contributed by atoms with Crippen LogP contribution >= 0.6 is 27.5 Å². The normalized spacial score (nSPS) is 11.1. The highest BCUT2D eigenvalue weighted by molar-refractivity contribution is 9.10. The van der Waals surface area contributed by atoms with Crippen molar-refractivity contribution in [3.05, 3.63) is 40.4 Å². The Balaban J connectivity index is 2.03. The highest BCUT2D eigenvalue weighted by Crippen LogP contribution is 2.24. The number of benzene rings is 1. The Bertz CT molecular complexity index is 571. The van der Waals surface area contributed by atoms with Crippen LogP contribution in [0.25, 0.3) is 0 Å². The van der Waals surface area contributed by atoms with Crippen LogP contribution in [0.15, 0.2) is 29.0 Å². The van der Waals surface area contributed by atoms with E-state index in [0.717, 1.165) is 28.2 Å². The van der Waals surface area contributed by atoms with Gasteiger partial charge >= 0.3 is 0 Å². The number of halogens is 2. The molecule has 0 aliphatic heterocycles. The summed E-state index contributed by atoms with van der Waals surface area (Å²) in [6, 6.07) is 5.77. The first kappa shape index (κ1) is 15.3. The molecule has 4 nitrogen and oxygen atoms in total. The minimum atomic E-state index is 0.399. The summed E-state index contributed by atoms with van der Waals surface area (Å²) in [5, 5.41) is 4.21. The Labute approximate surface area is 132 Å². The second-order valence-electron chi connectivity index (χ2n) is 4.93. The molecule has 0 saturated carbocycles. The molecule has 0 spiro atoms. The number of hydrogen-bond donors (Lipinski definition) is 0. The van der Waals surface area contributed by atoms with E-state index < -0.39 is 0 Å². The Hall–Kier alpha value is -1.07. The van der Waals surface area contributed by atoms with Crippen molar-refractivity contribution in [3.63, 3.8) is 0 Å². The highest BCUT2D eigenvalue weighted by Gasteiger charge is 2.08. The van der Waals surface area contributed by atoms with Crippen molar-refractivity contribution in [1.82, 2.24) is 14.8 Å². The zero-order chi connectivity index (χ0) is 14.5. The number of nitrogens with zero attached hydrogens (tertiary/aromatic N) is 3.